The second kappa shape index (κ2) is 5.85. The van der Waals surface area contributed by atoms with Crippen LogP contribution in [0.4, 0.5) is 0 Å². The number of hydrogen-bond donors (Lipinski definition) is 1. The van der Waals surface area contributed by atoms with E-state index in [1.54, 1.807) is 0 Å². The van der Waals surface area contributed by atoms with E-state index in [0.29, 0.717) is 12.6 Å². The van der Waals surface area contributed by atoms with Crippen LogP contribution < -0.4 is 5.32 Å². The second-order valence-electron chi connectivity index (χ2n) is 5.17. The smallest absolute Gasteiger partial charge is 0.234 e. The lowest BCUT2D eigenvalue weighted by molar-refractivity contribution is -0.123. The first kappa shape index (κ1) is 13.6. The molecule has 0 spiro atoms. The molecule has 100 valence electrons. The van der Waals surface area contributed by atoms with E-state index in [2.05, 4.69) is 28.6 Å². The molecule has 0 aromatic carbocycles. The van der Waals surface area contributed by atoms with E-state index in [1.165, 1.54) is 10.4 Å². The van der Waals surface area contributed by atoms with E-state index >= 15 is 0 Å². The van der Waals surface area contributed by atoms with Crippen LogP contribution in [0.1, 0.15) is 43.7 Å². The third kappa shape index (κ3) is 2.93. The molecule has 1 amide bonds. The molecule has 1 atom stereocenters. The fourth-order valence-corrected chi connectivity index (χ4v) is 3.60. The second-order valence-corrected chi connectivity index (χ2v) is 6.17. The average molecular weight is 266 g/mol. The third-order valence-electron chi connectivity index (χ3n) is 3.39. The Morgan fingerprint density at radius 3 is 3.06 bits per heavy atom. The highest BCUT2D eigenvalue weighted by Gasteiger charge is 2.28. The predicted octanol–water partition coefficient (Wildman–Crippen LogP) is 2.58. The standard InChI is InChI=1S/C14H22N2OS/c1-4-12-11-6-8-18-13(11)5-7-16(12)9-14(17)15-10(2)3/h6,8,10,12H,4-5,7,9H2,1-3H3,(H,15,17). The van der Waals surface area contributed by atoms with Crippen LogP contribution >= 0.6 is 11.3 Å². The fourth-order valence-electron chi connectivity index (χ4n) is 2.67. The molecular formula is C14H22N2OS. The number of amides is 1. The Kier molecular flexibility index (Phi) is 4.40. The number of fused-ring (bicyclic) bond motifs is 1. The maximum atomic E-state index is 11.9. The zero-order valence-electron chi connectivity index (χ0n) is 11.4. The lowest BCUT2D eigenvalue weighted by Gasteiger charge is -2.35. The number of nitrogens with one attached hydrogen (secondary N) is 1. The van der Waals surface area contributed by atoms with Crippen LogP contribution in [-0.4, -0.2) is 29.9 Å². The van der Waals surface area contributed by atoms with Crippen molar-refractivity contribution in [3.63, 3.8) is 0 Å². The summed E-state index contributed by atoms with van der Waals surface area (Å²) in [6, 6.07) is 2.86. The largest absolute Gasteiger partial charge is 0.353 e. The number of nitrogens with zero attached hydrogens (tertiary/aromatic N) is 1. The predicted molar refractivity (Wildman–Crippen MR) is 75.9 cm³/mol. The molecule has 2 rings (SSSR count). The minimum atomic E-state index is 0.141. The van der Waals surface area contributed by atoms with Crippen LogP contribution in [0.3, 0.4) is 0 Å². The molecule has 0 radical (unpaired) electrons. The maximum Gasteiger partial charge on any atom is 0.234 e. The molecule has 0 fully saturated rings. The van der Waals surface area contributed by atoms with Crippen molar-refractivity contribution < 1.29 is 4.79 Å². The number of rotatable bonds is 4. The summed E-state index contributed by atoms with van der Waals surface area (Å²) in [6.45, 7) is 7.72. The zero-order valence-corrected chi connectivity index (χ0v) is 12.2. The van der Waals surface area contributed by atoms with E-state index in [0.717, 1.165) is 19.4 Å². The Balaban J connectivity index is 2.04. The molecule has 0 bridgehead atoms. The highest BCUT2D eigenvalue weighted by atomic mass is 32.1. The minimum Gasteiger partial charge on any atom is -0.353 e. The topological polar surface area (TPSA) is 32.3 Å². The van der Waals surface area contributed by atoms with Crippen molar-refractivity contribution in [3.05, 3.63) is 21.9 Å². The summed E-state index contributed by atoms with van der Waals surface area (Å²) in [6.07, 6.45) is 2.15. The van der Waals surface area contributed by atoms with Gasteiger partial charge in [0.15, 0.2) is 0 Å². The van der Waals surface area contributed by atoms with E-state index in [4.69, 9.17) is 0 Å². The van der Waals surface area contributed by atoms with Gasteiger partial charge in [0.1, 0.15) is 0 Å². The molecule has 3 nitrogen and oxygen atoms in total. The van der Waals surface area contributed by atoms with E-state index in [1.807, 2.05) is 25.2 Å². The molecule has 1 aliphatic rings. The molecular weight excluding hydrogens is 244 g/mol. The first-order valence-corrected chi connectivity index (χ1v) is 7.59. The first-order valence-electron chi connectivity index (χ1n) is 6.71. The van der Waals surface area contributed by atoms with Crippen LogP contribution in [0.25, 0.3) is 0 Å². The van der Waals surface area contributed by atoms with Gasteiger partial charge in [0, 0.05) is 23.5 Å². The van der Waals surface area contributed by atoms with Crippen molar-refractivity contribution in [1.29, 1.82) is 0 Å². The molecule has 1 N–H and O–H groups in total. The zero-order chi connectivity index (χ0) is 13.1. The minimum absolute atomic E-state index is 0.141. The number of hydrogen-bond acceptors (Lipinski definition) is 3. The van der Waals surface area contributed by atoms with Gasteiger partial charge >= 0.3 is 0 Å². The van der Waals surface area contributed by atoms with Crippen molar-refractivity contribution >= 4 is 17.2 Å². The molecule has 0 saturated carbocycles. The van der Waals surface area contributed by atoms with E-state index < -0.39 is 0 Å². The molecule has 1 aromatic rings. The van der Waals surface area contributed by atoms with Gasteiger partial charge in [-0.15, -0.1) is 11.3 Å². The molecule has 4 heteroatoms. The van der Waals surface area contributed by atoms with Crippen LogP contribution in [-0.2, 0) is 11.2 Å². The number of carbonyl (C=O) groups is 1. The Morgan fingerprint density at radius 2 is 2.39 bits per heavy atom. The number of thiophene rings is 1. The lowest BCUT2D eigenvalue weighted by Crippen LogP contribution is -2.43. The van der Waals surface area contributed by atoms with Crippen LogP contribution in [0.15, 0.2) is 11.4 Å². The lowest BCUT2D eigenvalue weighted by atomic mass is 9.98. The average Bonchev–Trinajstić information content (AvgIpc) is 2.75. The highest BCUT2D eigenvalue weighted by molar-refractivity contribution is 7.10. The summed E-state index contributed by atoms with van der Waals surface area (Å²) in [5.74, 6) is 0.141. The van der Waals surface area contributed by atoms with Crippen LogP contribution in [0, 0.1) is 0 Å². The Bertz CT molecular complexity index is 414. The summed E-state index contributed by atoms with van der Waals surface area (Å²) in [4.78, 5) is 15.7. The number of carbonyl (C=O) groups excluding carboxylic acids is 1. The molecule has 0 aliphatic carbocycles. The monoisotopic (exact) mass is 266 g/mol. The van der Waals surface area contributed by atoms with Gasteiger partial charge in [-0.3, -0.25) is 9.69 Å². The van der Waals surface area contributed by atoms with Gasteiger partial charge in [0.2, 0.25) is 5.91 Å². The normalized spacial score (nSPS) is 19.9. The molecule has 2 heterocycles. The third-order valence-corrected chi connectivity index (χ3v) is 4.39. The Labute approximate surface area is 113 Å². The van der Waals surface area contributed by atoms with Gasteiger partial charge < -0.3 is 5.32 Å². The van der Waals surface area contributed by atoms with Crippen molar-refractivity contribution in [2.75, 3.05) is 13.1 Å². The molecule has 1 aliphatic heterocycles. The van der Waals surface area contributed by atoms with Gasteiger partial charge in [-0.05, 0) is 43.7 Å². The molecule has 1 aromatic heterocycles. The van der Waals surface area contributed by atoms with Crippen molar-refractivity contribution in [2.24, 2.45) is 0 Å². The Morgan fingerprint density at radius 1 is 1.61 bits per heavy atom. The SMILES string of the molecule is CCC1c2ccsc2CCN1CC(=O)NC(C)C. The summed E-state index contributed by atoms with van der Waals surface area (Å²) in [5, 5.41) is 5.15. The molecule has 1 unspecified atom stereocenters. The summed E-state index contributed by atoms with van der Waals surface area (Å²) >= 11 is 1.85. The fraction of sp³-hybridized carbons (Fsp3) is 0.643. The molecule has 0 saturated heterocycles. The van der Waals surface area contributed by atoms with Gasteiger partial charge in [-0.25, -0.2) is 0 Å². The highest BCUT2D eigenvalue weighted by Crippen LogP contribution is 2.34. The first-order chi connectivity index (χ1) is 8.61. The maximum absolute atomic E-state index is 11.9. The Hall–Kier alpha value is -0.870. The summed E-state index contributed by atoms with van der Waals surface area (Å²) < 4.78 is 0. The van der Waals surface area contributed by atoms with Gasteiger partial charge in [-0.2, -0.15) is 0 Å². The van der Waals surface area contributed by atoms with Crippen LogP contribution in [0.2, 0.25) is 0 Å². The van der Waals surface area contributed by atoms with E-state index in [-0.39, 0.29) is 11.9 Å². The quantitative estimate of drug-likeness (QED) is 0.908. The van der Waals surface area contributed by atoms with Gasteiger partial charge in [-0.1, -0.05) is 6.92 Å². The van der Waals surface area contributed by atoms with Gasteiger partial charge in [0.05, 0.1) is 6.54 Å². The van der Waals surface area contributed by atoms with Crippen molar-refractivity contribution in [1.82, 2.24) is 10.2 Å². The summed E-state index contributed by atoms with van der Waals surface area (Å²) in [5.41, 5.74) is 1.44. The van der Waals surface area contributed by atoms with E-state index in [9.17, 15) is 4.79 Å². The van der Waals surface area contributed by atoms with Crippen LogP contribution in [0.5, 0.6) is 0 Å². The van der Waals surface area contributed by atoms with Crippen molar-refractivity contribution in [2.45, 2.75) is 45.7 Å². The molecule has 18 heavy (non-hydrogen) atoms. The van der Waals surface area contributed by atoms with Gasteiger partial charge in [0.25, 0.3) is 0 Å². The van der Waals surface area contributed by atoms with Crippen molar-refractivity contribution in [3.8, 4) is 0 Å². The summed E-state index contributed by atoms with van der Waals surface area (Å²) in [7, 11) is 0.